The van der Waals surface area contributed by atoms with Crippen molar-refractivity contribution in [2.24, 2.45) is 0 Å². The Morgan fingerprint density at radius 2 is 2.11 bits per heavy atom. The van der Waals surface area contributed by atoms with E-state index in [-0.39, 0.29) is 11.6 Å². The molecule has 140 valence electrons. The summed E-state index contributed by atoms with van der Waals surface area (Å²) in [6, 6.07) is 6.87. The Kier molecular flexibility index (Phi) is 5.41. The minimum absolute atomic E-state index is 0.174. The lowest BCUT2D eigenvalue weighted by Gasteiger charge is -2.09. The van der Waals surface area contributed by atoms with Gasteiger partial charge in [-0.15, -0.1) is 10.2 Å². The number of ether oxygens (including phenoxy) is 1. The third kappa shape index (κ3) is 4.44. The molecule has 0 unspecified atom stereocenters. The molecule has 1 N–H and O–H groups in total. The molecule has 0 saturated heterocycles. The Hall–Kier alpha value is -3.34. The fourth-order valence-corrected chi connectivity index (χ4v) is 3.03. The Balaban J connectivity index is 1.61. The second-order valence-electron chi connectivity index (χ2n) is 5.63. The summed E-state index contributed by atoms with van der Waals surface area (Å²) in [7, 11) is 1.61. The van der Waals surface area contributed by atoms with Gasteiger partial charge in [-0.3, -0.25) is 24.9 Å². The van der Waals surface area contributed by atoms with Crippen LogP contribution < -0.4 is 10.1 Å². The third-order valence-corrected chi connectivity index (χ3v) is 4.63. The maximum atomic E-state index is 12.3. The largest absolute Gasteiger partial charge is 0.497 e. The maximum absolute atomic E-state index is 12.3. The molecular formula is C16H16N6O4S. The standard InChI is InChI=1S/C16H16N6O4S/c1-10(21-9-12(8-17-21)22(24)25)15(23)18-16-20-19-14(27-16)7-11-3-5-13(26-2)6-4-11/h3-6,8-10H,7H2,1-2H3,(H,18,20,23)/t10-/m1/s1. The fraction of sp³-hybridized carbons (Fsp3) is 0.250. The van der Waals surface area contributed by atoms with Crippen LogP contribution in [0.3, 0.4) is 0 Å². The molecule has 1 atom stereocenters. The highest BCUT2D eigenvalue weighted by Crippen LogP contribution is 2.21. The first kappa shape index (κ1) is 18.5. The second kappa shape index (κ2) is 7.91. The van der Waals surface area contributed by atoms with Crippen LogP contribution in [0.25, 0.3) is 0 Å². The zero-order valence-corrected chi connectivity index (χ0v) is 15.3. The van der Waals surface area contributed by atoms with Crippen LogP contribution in [0.5, 0.6) is 5.75 Å². The molecule has 2 heterocycles. The van der Waals surface area contributed by atoms with Gasteiger partial charge < -0.3 is 4.74 Å². The number of nitro groups is 1. The van der Waals surface area contributed by atoms with E-state index in [0.29, 0.717) is 11.6 Å². The zero-order valence-electron chi connectivity index (χ0n) is 14.5. The first-order valence-electron chi connectivity index (χ1n) is 7.91. The molecule has 1 aromatic carbocycles. The number of rotatable bonds is 7. The first-order chi connectivity index (χ1) is 13.0. The van der Waals surface area contributed by atoms with Crippen LogP contribution in [0.1, 0.15) is 23.5 Å². The molecule has 0 radical (unpaired) electrons. The van der Waals surface area contributed by atoms with Crippen LogP contribution in [0.15, 0.2) is 36.7 Å². The van der Waals surface area contributed by atoms with E-state index < -0.39 is 11.0 Å². The minimum atomic E-state index is -0.729. The summed E-state index contributed by atoms with van der Waals surface area (Å²) < 4.78 is 6.35. The maximum Gasteiger partial charge on any atom is 0.307 e. The quantitative estimate of drug-likeness (QED) is 0.487. The van der Waals surface area contributed by atoms with Crippen molar-refractivity contribution in [2.75, 3.05) is 12.4 Å². The molecule has 0 bridgehead atoms. The van der Waals surface area contributed by atoms with Crippen molar-refractivity contribution in [3.63, 3.8) is 0 Å². The molecule has 0 fully saturated rings. The smallest absolute Gasteiger partial charge is 0.307 e. The number of aromatic nitrogens is 4. The van der Waals surface area contributed by atoms with Crippen molar-refractivity contribution in [1.82, 2.24) is 20.0 Å². The summed E-state index contributed by atoms with van der Waals surface area (Å²) in [6.07, 6.45) is 2.89. The van der Waals surface area contributed by atoms with Gasteiger partial charge in [-0.1, -0.05) is 23.5 Å². The van der Waals surface area contributed by atoms with Gasteiger partial charge in [-0.25, -0.2) is 0 Å². The van der Waals surface area contributed by atoms with Crippen molar-refractivity contribution in [3.05, 3.63) is 57.3 Å². The number of carbonyl (C=O) groups is 1. The van der Waals surface area contributed by atoms with E-state index in [4.69, 9.17) is 4.74 Å². The molecule has 3 rings (SSSR count). The van der Waals surface area contributed by atoms with Gasteiger partial charge >= 0.3 is 5.69 Å². The van der Waals surface area contributed by atoms with Crippen LogP contribution in [0.2, 0.25) is 0 Å². The van der Waals surface area contributed by atoms with Crippen LogP contribution in [0.4, 0.5) is 10.8 Å². The van der Waals surface area contributed by atoms with Gasteiger partial charge in [0, 0.05) is 6.42 Å². The lowest BCUT2D eigenvalue weighted by Crippen LogP contribution is -2.23. The van der Waals surface area contributed by atoms with Gasteiger partial charge in [0.1, 0.15) is 29.2 Å². The minimum Gasteiger partial charge on any atom is -0.497 e. The Bertz CT molecular complexity index is 952. The normalized spacial score (nSPS) is 11.8. The zero-order chi connectivity index (χ0) is 19.4. The SMILES string of the molecule is COc1ccc(Cc2nnc(NC(=O)[C@@H](C)n3cc([N+](=O)[O-])cn3)s2)cc1. The predicted molar refractivity (Wildman–Crippen MR) is 97.9 cm³/mol. The van der Waals surface area contributed by atoms with Crippen LogP contribution in [-0.2, 0) is 11.2 Å². The van der Waals surface area contributed by atoms with E-state index in [0.717, 1.165) is 22.5 Å². The van der Waals surface area contributed by atoms with E-state index >= 15 is 0 Å². The van der Waals surface area contributed by atoms with Gasteiger partial charge in [0.2, 0.25) is 5.13 Å². The highest BCUT2D eigenvalue weighted by Gasteiger charge is 2.20. The van der Waals surface area contributed by atoms with Gasteiger partial charge in [-0.05, 0) is 24.6 Å². The summed E-state index contributed by atoms with van der Waals surface area (Å²) in [4.78, 5) is 22.5. The number of carbonyl (C=O) groups excluding carboxylic acids is 1. The van der Waals surface area contributed by atoms with E-state index in [1.165, 1.54) is 22.2 Å². The van der Waals surface area contributed by atoms with Gasteiger partial charge in [0.25, 0.3) is 5.91 Å². The number of anilines is 1. The third-order valence-electron chi connectivity index (χ3n) is 3.79. The molecule has 10 nitrogen and oxygen atoms in total. The number of amides is 1. The molecule has 0 saturated carbocycles. The van der Waals surface area contributed by atoms with Crippen molar-refractivity contribution >= 4 is 28.1 Å². The number of benzene rings is 1. The Labute approximate surface area is 158 Å². The predicted octanol–water partition coefficient (Wildman–Crippen LogP) is 2.44. The molecule has 27 heavy (non-hydrogen) atoms. The second-order valence-corrected chi connectivity index (χ2v) is 6.69. The number of hydrogen-bond donors (Lipinski definition) is 1. The molecule has 1 amide bonds. The number of nitrogens with zero attached hydrogens (tertiary/aromatic N) is 5. The highest BCUT2D eigenvalue weighted by molar-refractivity contribution is 7.15. The van der Waals surface area contributed by atoms with Gasteiger partial charge in [0.15, 0.2) is 0 Å². The van der Waals surface area contributed by atoms with Crippen molar-refractivity contribution in [3.8, 4) is 5.75 Å². The van der Waals surface area contributed by atoms with Crippen molar-refractivity contribution in [1.29, 1.82) is 0 Å². The monoisotopic (exact) mass is 388 g/mol. The molecule has 0 aliphatic heterocycles. The summed E-state index contributed by atoms with van der Waals surface area (Å²) in [6.45, 7) is 1.59. The Morgan fingerprint density at radius 3 is 2.74 bits per heavy atom. The molecule has 0 spiro atoms. The first-order valence-corrected chi connectivity index (χ1v) is 8.72. The number of nitrogens with one attached hydrogen (secondary N) is 1. The van der Waals surface area contributed by atoms with E-state index in [2.05, 4.69) is 20.6 Å². The molecule has 3 aromatic rings. The average Bonchev–Trinajstić information content (AvgIpc) is 3.31. The molecule has 11 heteroatoms. The van der Waals surface area contributed by atoms with Gasteiger partial charge in [-0.2, -0.15) is 5.10 Å². The van der Waals surface area contributed by atoms with Gasteiger partial charge in [0.05, 0.1) is 12.0 Å². The van der Waals surface area contributed by atoms with E-state index in [1.807, 2.05) is 24.3 Å². The molecular weight excluding hydrogens is 372 g/mol. The number of hydrogen-bond acceptors (Lipinski definition) is 8. The van der Waals surface area contributed by atoms with Crippen LogP contribution >= 0.6 is 11.3 Å². The lowest BCUT2D eigenvalue weighted by atomic mass is 10.1. The summed E-state index contributed by atoms with van der Waals surface area (Å²) in [5.74, 6) is 0.386. The molecule has 2 aromatic heterocycles. The number of methoxy groups -OCH3 is 1. The summed E-state index contributed by atoms with van der Waals surface area (Å²) >= 11 is 1.27. The van der Waals surface area contributed by atoms with Crippen LogP contribution in [-0.4, -0.2) is 37.9 Å². The summed E-state index contributed by atoms with van der Waals surface area (Å²) in [5, 5.41) is 26.4. The average molecular weight is 388 g/mol. The molecule has 0 aliphatic rings. The van der Waals surface area contributed by atoms with E-state index in [1.54, 1.807) is 14.0 Å². The van der Waals surface area contributed by atoms with E-state index in [9.17, 15) is 14.9 Å². The van der Waals surface area contributed by atoms with Crippen LogP contribution in [0, 0.1) is 10.1 Å². The summed E-state index contributed by atoms with van der Waals surface area (Å²) in [5.41, 5.74) is 0.870. The molecule has 0 aliphatic carbocycles. The Morgan fingerprint density at radius 1 is 1.37 bits per heavy atom. The topological polar surface area (TPSA) is 125 Å². The highest BCUT2D eigenvalue weighted by atomic mass is 32.1. The lowest BCUT2D eigenvalue weighted by molar-refractivity contribution is -0.385. The fourth-order valence-electron chi connectivity index (χ4n) is 2.26. The van der Waals surface area contributed by atoms with Crippen molar-refractivity contribution in [2.45, 2.75) is 19.4 Å². The van der Waals surface area contributed by atoms with Crippen molar-refractivity contribution < 1.29 is 14.5 Å².